The van der Waals surface area contributed by atoms with Crippen molar-refractivity contribution >= 4 is 12.4 Å². The van der Waals surface area contributed by atoms with Crippen LogP contribution in [0.3, 0.4) is 0 Å². The molecule has 1 aliphatic rings. The summed E-state index contributed by atoms with van der Waals surface area (Å²) in [4.78, 5) is 0. The van der Waals surface area contributed by atoms with E-state index in [1.807, 2.05) is 18.2 Å². The third kappa shape index (κ3) is 1.59. The first-order chi connectivity index (χ1) is 6.95. The Morgan fingerprint density at radius 2 is 1.47 bits per heavy atom. The summed E-state index contributed by atoms with van der Waals surface area (Å²) in [6, 6.07) is 16.6. The zero-order chi connectivity index (χ0) is 9.38. The molecule has 15 heavy (non-hydrogen) atoms. The van der Waals surface area contributed by atoms with E-state index in [9.17, 15) is 0 Å². The monoisotopic (exact) mass is 218 g/mol. The highest BCUT2D eigenvalue weighted by Crippen LogP contribution is 2.36. The maximum atomic E-state index is 5.65. The van der Waals surface area contributed by atoms with Gasteiger partial charge in [0.15, 0.2) is 0 Å². The molecule has 0 saturated heterocycles. The molecule has 2 heteroatoms. The Labute approximate surface area is 95.1 Å². The Morgan fingerprint density at radius 1 is 0.800 bits per heavy atom. The highest BCUT2D eigenvalue weighted by molar-refractivity contribution is 5.85. The van der Waals surface area contributed by atoms with Crippen molar-refractivity contribution in [3.8, 4) is 16.9 Å². The predicted molar refractivity (Wildman–Crippen MR) is 63.5 cm³/mol. The second-order valence-corrected chi connectivity index (χ2v) is 3.44. The molecule has 0 spiro atoms. The molecule has 1 heterocycles. The van der Waals surface area contributed by atoms with Gasteiger partial charge in [-0.25, -0.2) is 0 Å². The van der Waals surface area contributed by atoms with E-state index >= 15 is 0 Å². The molecule has 0 bridgehead atoms. The fraction of sp³-hybridized carbons (Fsp3) is 0.0769. The average Bonchev–Trinajstić information content (AvgIpc) is 2.29. The maximum Gasteiger partial charge on any atom is 0.127 e. The van der Waals surface area contributed by atoms with Crippen molar-refractivity contribution < 1.29 is 4.74 Å². The van der Waals surface area contributed by atoms with Gasteiger partial charge in [0.1, 0.15) is 12.4 Å². The SMILES string of the molecule is Cl.c1ccc2c(c1)COc1ccccc1-2. The molecular formula is C13H11ClO. The molecular weight excluding hydrogens is 208 g/mol. The predicted octanol–water partition coefficient (Wildman–Crippen LogP) is 3.67. The molecule has 3 rings (SSSR count). The molecule has 0 unspecified atom stereocenters. The lowest BCUT2D eigenvalue weighted by molar-refractivity contribution is 0.302. The van der Waals surface area contributed by atoms with Gasteiger partial charge >= 0.3 is 0 Å². The van der Waals surface area contributed by atoms with Gasteiger partial charge < -0.3 is 4.74 Å². The van der Waals surface area contributed by atoms with Gasteiger partial charge in [-0.15, -0.1) is 12.4 Å². The lowest BCUT2D eigenvalue weighted by Crippen LogP contribution is -2.04. The van der Waals surface area contributed by atoms with E-state index < -0.39 is 0 Å². The van der Waals surface area contributed by atoms with Crippen molar-refractivity contribution in [2.24, 2.45) is 0 Å². The number of fused-ring (bicyclic) bond motifs is 3. The number of halogens is 1. The smallest absolute Gasteiger partial charge is 0.127 e. The molecule has 0 saturated carbocycles. The fourth-order valence-electron chi connectivity index (χ4n) is 1.88. The van der Waals surface area contributed by atoms with E-state index in [-0.39, 0.29) is 12.4 Å². The zero-order valence-electron chi connectivity index (χ0n) is 8.14. The summed E-state index contributed by atoms with van der Waals surface area (Å²) in [7, 11) is 0. The summed E-state index contributed by atoms with van der Waals surface area (Å²) in [6.07, 6.45) is 0. The third-order valence-corrected chi connectivity index (χ3v) is 2.58. The lowest BCUT2D eigenvalue weighted by atomic mass is 9.97. The van der Waals surface area contributed by atoms with Gasteiger partial charge in [0.25, 0.3) is 0 Å². The summed E-state index contributed by atoms with van der Waals surface area (Å²) >= 11 is 0. The highest BCUT2D eigenvalue weighted by Gasteiger charge is 2.14. The van der Waals surface area contributed by atoms with Crippen LogP contribution < -0.4 is 4.74 Å². The Balaban J connectivity index is 0.000000853. The van der Waals surface area contributed by atoms with Gasteiger partial charge in [-0.3, -0.25) is 0 Å². The van der Waals surface area contributed by atoms with Crippen molar-refractivity contribution in [2.45, 2.75) is 6.61 Å². The Kier molecular flexibility index (Phi) is 2.65. The lowest BCUT2D eigenvalue weighted by Gasteiger charge is -2.20. The van der Waals surface area contributed by atoms with Crippen molar-refractivity contribution in [1.82, 2.24) is 0 Å². The van der Waals surface area contributed by atoms with Gasteiger partial charge in [-0.1, -0.05) is 42.5 Å². The summed E-state index contributed by atoms with van der Waals surface area (Å²) in [5, 5.41) is 0. The normalized spacial score (nSPS) is 11.7. The van der Waals surface area contributed by atoms with Crippen LogP contribution in [0.25, 0.3) is 11.1 Å². The summed E-state index contributed by atoms with van der Waals surface area (Å²) in [5.41, 5.74) is 3.77. The topological polar surface area (TPSA) is 9.23 Å². The maximum absolute atomic E-state index is 5.65. The molecule has 0 aliphatic carbocycles. The van der Waals surface area contributed by atoms with Crippen LogP contribution in [0.2, 0.25) is 0 Å². The largest absolute Gasteiger partial charge is 0.488 e. The second kappa shape index (κ2) is 3.95. The van der Waals surface area contributed by atoms with Crippen LogP contribution in [0.5, 0.6) is 5.75 Å². The number of ether oxygens (including phenoxy) is 1. The molecule has 1 aliphatic heterocycles. The second-order valence-electron chi connectivity index (χ2n) is 3.44. The molecule has 2 aromatic carbocycles. The van der Waals surface area contributed by atoms with Gasteiger partial charge in [-0.05, 0) is 17.2 Å². The van der Waals surface area contributed by atoms with E-state index in [0.717, 1.165) is 5.75 Å². The molecule has 0 atom stereocenters. The van der Waals surface area contributed by atoms with Crippen LogP contribution in [0.4, 0.5) is 0 Å². The van der Waals surface area contributed by atoms with Crippen LogP contribution in [-0.2, 0) is 6.61 Å². The van der Waals surface area contributed by atoms with E-state index in [2.05, 4.69) is 30.3 Å². The van der Waals surface area contributed by atoms with E-state index in [0.29, 0.717) is 6.61 Å². The van der Waals surface area contributed by atoms with Crippen LogP contribution in [-0.4, -0.2) is 0 Å². The minimum Gasteiger partial charge on any atom is -0.488 e. The van der Waals surface area contributed by atoms with Crippen molar-refractivity contribution in [2.75, 3.05) is 0 Å². The molecule has 2 aromatic rings. The number of hydrogen-bond acceptors (Lipinski definition) is 1. The van der Waals surface area contributed by atoms with Crippen molar-refractivity contribution in [3.05, 3.63) is 54.1 Å². The van der Waals surface area contributed by atoms with Crippen molar-refractivity contribution in [1.29, 1.82) is 0 Å². The molecule has 0 amide bonds. The van der Waals surface area contributed by atoms with Gasteiger partial charge in [0.2, 0.25) is 0 Å². The zero-order valence-corrected chi connectivity index (χ0v) is 8.96. The van der Waals surface area contributed by atoms with Crippen LogP contribution >= 0.6 is 12.4 Å². The Bertz CT molecular complexity index is 434. The first-order valence-corrected chi connectivity index (χ1v) is 4.75. The summed E-state index contributed by atoms with van der Waals surface area (Å²) < 4.78 is 5.65. The number of para-hydroxylation sites is 1. The standard InChI is InChI=1S/C13H10O.ClH/c1-2-6-11-10(5-1)9-14-13-8-4-3-7-12(11)13;/h1-8H,9H2;1H. The quantitative estimate of drug-likeness (QED) is 0.656. The van der Waals surface area contributed by atoms with Crippen LogP contribution in [0.1, 0.15) is 5.56 Å². The first kappa shape index (κ1) is 10.1. The average molecular weight is 219 g/mol. The van der Waals surface area contributed by atoms with E-state index in [1.54, 1.807) is 0 Å². The number of rotatable bonds is 0. The van der Waals surface area contributed by atoms with E-state index in [1.165, 1.54) is 16.7 Å². The van der Waals surface area contributed by atoms with Gasteiger partial charge in [0.05, 0.1) is 0 Å². The molecule has 0 N–H and O–H groups in total. The van der Waals surface area contributed by atoms with Crippen LogP contribution in [0.15, 0.2) is 48.5 Å². The number of hydrogen-bond donors (Lipinski definition) is 0. The summed E-state index contributed by atoms with van der Waals surface area (Å²) in [6.45, 7) is 0.688. The Morgan fingerprint density at radius 3 is 2.33 bits per heavy atom. The molecule has 0 aromatic heterocycles. The molecule has 1 nitrogen and oxygen atoms in total. The fourth-order valence-corrected chi connectivity index (χ4v) is 1.88. The molecule has 0 radical (unpaired) electrons. The van der Waals surface area contributed by atoms with Crippen LogP contribution in [0, 0.1) is 0 Å². The first-order valence-electron chi connectivity index (χ1n) is 4.75. The third-order valence-electron chi connectivity index (χ3n) is 2.58. The Hall–Kier alpha value is -1.47. The number of benzene rings is 2. The minimum atomic E-state index is 0. The molecule has 76 valence electrons. The van der Waals surface area contributed by atoms with E-state index in [4.69, 9.17) is 4.74 Å². The van der Waals surface area contributed by atoms with Gasteiger partial charge in [-0.2, -0.15) is 0 Å². The molecule has 0 fully saturated rings. The van der Waals surface area contributed by atoms with Crippen molar-refractivity contribution in [3.63, 3.8) is 0 Å². The minimum absolute atomic E-state index is 0. The summed E-state index contributed by atoms with van der Waals surface area (Å²) in [5.74, 6) is 0.992. The highest BCUT2D eigenvalue weighted by atomic mass is 35.5. The van der Waals surface area contributed by atoms with Gasteiger partial charge in [0, 0.05) is 5.56 Å².